The Bertz CT molecular complexity index is 655. The quantitative estimate of drug-likeness (QED) is 0.795. The van der Waals surface area contributed by atoms with E-state index in [2.05, 4.69) is 15.6 Å². The Morgan fingerprint density at radius 1 is 1.18 bits per heavy atom. The van der Waals surface area contributed by atoms with Crippen molar-refractivity contribution in [3.8, 4) is 0 Å². The molecule has 2 aromatic rings. The van der Waals surface area contributed by atoms with E-state index in [1.54, 1.807) is 0 Å². The number of hydrogen-bond donors (Lipinski definition) is 2. The molecule has 2 rings (SSSR count). The summed E-state index contributed by atoms with van der Waals surface area (Å²) in [6, 6.07) is 5.28. The molecule has 0 unspecified atom stereocenters. The zero-order chi connectivity index (χ0) is 15.9. The zero-order valence-corrected chi connectivity index (χ0v) is 12.9. The molecule has 2 N–H and O–H groups in total. The molecule has 0 bridgehead atoms. The van der Waals surface area contributed by atoms with Crippen molar-refractivity contribution >= 4 is 23.2 Å². The lowest BCUT2D eigenvalue weighted by Crippen LogP contribution is -2.35. The highest BCUT2D eigenvalue weighted by Gasteiger charge is 2.07. The molecule has 0 aliphatic rings. The maximum absolute atomic E-state index is 12.7. The minimum absolute atomic E-state index is 0.138. The number of carbonyl (C=O) groups excluding carboxylic acids is 2. The smallest absolute Gasteiger partial charge is 0.251 e. The molecular formula is C15H16FN3O2S. The summed E-state index contributed by atoms with van der Waals surface area (Å²) in [6.07, 6.45) is 0.232. The molecule has 116 valence electrons. The lowest BCUT2D eigenvalue weighted by atomic mass is 10.2. The predicted molar refractivity (Wildman–Crippen MR) is 82.3 cm³/mol. The SMILES string of the molecule is Cc1nc(CC(=O)NCCNC(=O)c2ccc(F)cc2)cs1. The third kappa shape index (κ3) is 4.92. The number of hydrogen-bond acceptors (Lipinski definition) is 4. The van der Waals surface area contributed by atoms with Gasteiger partial charge in [0, 0.05) is 24.0 Å². The topological polar surface area (TPSA) is 71.1 Å². The van der Waals surface area contributed by atoms with Crippen molar-refractivity contribution in [3.05, 3.63) is 51.7 Å². The van der Waals surface area contributed by atoms with Crippen molar-refractivity contribution in [1.82, 2.24) is 15.6 Å². The number of nitrogens with one attached hydrogen (secondary N) is 2. The molecule has 1 heterocycles. The van der Waals surface area contributed by atoms with Gasteiger partial charge in [-0.05, 0) is 31.2 Å². The second-order valence-corrected chi connectivity index (χ2v) is 5.71. The van der Waals surface area contributed by atoms with E-state index in [-0.39, 0.29) is 24.1 Å². The van der Waals surface area contributed by atoms with Crippen LogP contribution in [0.4, 0.5) is 4.39 Å². The van der Waals surface area contributed by atoms with Gasteiger partial charge in [0.15, 0.2) is 0 Å². The number of benzene rings is 1. The van der Waals surface area contributed by atoms with Gasteiger partial charge in [0.1, 0.15) is 5.82 Å². The number of halogens is 1. The maximum atomic E-state index is 12.7. The highest BCUT2D eigenvalue weighted by atomic mass is 32.1. The Morgan fingerprint density at radius 3 is 2.50 bits per heavy atom. The molecule has 5 nitrogen and oxygen atoms in total. The Balaban J connectivity index is 1.67. The van der Waals surface area contributed by atoms with Crippen LogP contribution in [0.3, 0.4) is 0 Å². The highest BCUT2D eigenvalue weighted by molar-refractivity contribution is 7.09. The van der Waals surface area contributed by atoms with E-state index in [0.29, 0.717) is 18.7 Å². The van der Waals surface area contributed by atoms with Crippen molar-refractivity contribution < 1.29 is 14.0 Å². The van der Waals surface area contributed by atoms with Crippen LogP contribution in [0.2, 0.25) is 0 Å². The molecule has 0 aliphatic heterocycles. The van der Waals surface area contributed by atoms with Gasteiger partial charge in [0.25, 0.3) is 5.91 Å². The number of thiazole rings is 1. The molecule has 0 radical (unpaired) electrons. The molecule has 1 aromatic heterocycles. The number of amides is 2. The van der Waals surface area contributed by atoms with E-state index < -0.39 is 0 Å². The van der Waals surface area contributed by atoms with E-state index in [4.69, 9.17) is 0 Å². The molecule has 2 amide bonds. The number of rotatable bonds is 6. The molecule has 7 heteroatoms. The number of carbonyl (C=O) groups is 2. The van der Waals surface area contributed by atoms with Gasteiger partial charge in [0.05, 0.1) is 17.1 Å². The van der Waals surface area contributed by atoms with Crippen molar-refractivity contribution in [2.75, 3.05) is 13.1 Å². The second kappa shape index (κ2) is 7.65. The molecule has 0 fully saturated rings. The Labute approximate surface area is 131 Å². The minimum atomic E-state index is -0.388. The normalized spacial score (nSPS) is 10.3. The molecule has 0 atom stereocenters. The van der Waals surface area contributed by atoms with Gasteiger partial charge in [-0.2, -0.15) is 0 Å². The molecule has 0 saturated carbocycles. The summed E-state index contributed by atoms with van der Waals surface area (Å²) in [7, 11) is 0. The number of aryl methyl sites for hydroxylation is 1. The van der Waals surface area contributed by atoms with Crippen LogP contribution in [-0.4, -0.2) is 29.9 Å². The first-order valence-electron chi connectivity index (χ1n) is 6.76. The summed E-state index contributed by atoms with van der Waals surface area (Å²) in [5.74, 6) is -0.827. The first kappa shape index (κ1) is 16.1. The van der Waals surface area contributed by atoms with Crippen molar-refractivity contribution in [2.24, 2.45) is 0 Å². The monoisotopic (exact) mass is 321 g/mol. The first-order valence-corrected chi connectivity index (χ1v) is 7.64. The standard InChI is InChI=1S/C15H16FN3O2S/c1-10-19-13(9-22-10)8-14(20)17-6-7-18-15(21)11-2-4-12(16)5-3-11/h2-5,9H,6-8H2,1H3,(H,17,20)(H,18,21). The second-order valence-electron chi connectivity index (χ2n) is 4.65. The van der Waals surface area contributed by atoms with E-state index in [1.807, 2.05) is 12.3 Å². The number of nitrogens with zero attached hydrogens (tertiary/aromatic N) is 1. The van der Waals surface area contributed by atoms with Crippen molar-refractivity contribution in [2.45, 2.75) is 13.3 Å². The van der Waals surface area contributed by atoms with E-state index >= 15 is 0 Å². The molecule has 22 heavy (non-hydrogen) atoms. The summed E-state index contributed by atoms with van der Waals surface area (Å²) in [5.41, 5.74) is 1.13. The average Bonchev–Trinajstić information content (AvgIpc) is 2.89. The number of aromatic nitrogens is 1. The van der Waals surface area contributed by atoms with Crippen LogP contribution in [-0.2, 0) is 11.2 Å². The van der Waals surface area contributed by atoms with Crippen LogP contribution >= 0.6 is 11.3 Å². The maximum Gasteiger partial charge on any atom is 0.251 e. The third-order valence-corrected chi connectivity index (χ3v) is 3.67. The van der Waals surface area contributed by atoms with Crippen LogP contribution in [0.5, 0.6) is 0 Å². The van der Waals surface area contributed by atoms with Crippen LogP contribution in [0.1, 0.15) is 21.1 Å². The Hall–Kier alpha value is -2.28. The summed E-state index contributed by atoms with van der Waals surface area (Å²) in [6.45, 7) is 2.52. The minimum Gasteiger partial charge on any atom is -0.354 e. The van der Waals surface area contributed by atoms with Gasteiger partial charge in [-0.25, -0.2) is 9.37 Å². The van der Waals surface area contributed by atoms with Crippen molar-refractivity contribution in [3.63, 3.8) is 0 Å². The average molecular weight is 321 g/mol. The van der Waals surface area contributed by atoms with Gasteiger partial charge in [0.2, 0.25) is 5.91 Å². The fourth-order valence-electron chi connectivity index (χ4n) is 1.80. The largest absolute Gasteiger partial charge is 0.354 e. The van der Waals surface area contributed by atoms with Crippen LogP contribution in [0, 0.1) is 12.7 Å². The molecular weight excluding hydrogens is 305 g/mol. The van der Waals surface area contributed by atoms with Crippen molar-refractivity contribution in [1.29, 1.82) is 0 Å². The predicted octanol–water partition coefficient (Wildman–Crippen LogP) is 1.68. The Kier molecular flexibility index (Phi) is 5.60. The molecule has 1 aromatic carbocycles. The Morgan fingerprint density at radius 2 is 1.86 bits per heavy atom. The fourth-order valence-corrected chi connectivity index (χ4v) is 2.41. The summed E-state index contributed by atoms with van der Waals surface area (Å²) in [5, 5.41) is 8.14. The third-order valence-electron chi connectivity index (χ3n) is 2.85. The van der Waals surface area contributed by atoms with Gasteiger partial charge >= 0.3 is 0 Å². The first-order chi connectivity index (χ1) is 10.5. The lowest BCUT2D eigenvalue weighted by molar-refractivity contribution is -0.120. The van der Waals surface area contributed by atoms with Gasteiger partial charge in [-0.1, -0.05) is 0 Å². The summed E-state index contributed by atoms with van der Waals surface area (Å²) < 4.78 is 12.7. The zero-order valence-electron chi connectivity index (χ0n) is 12.1. The van der Waals surface area contributed by atoms with Gasteiger partial charge in [-0.15, -0.1) is 11.3 Å². The summed E-state index contributed by atoms with van der Waals surface area (Å²) >= 11 is 1.50. The van der Waals surface area contributed by atoms with E-state index in [9.17, 15) is 14.0 Å². The lowest BCUT2D eigenvalue weighted by Gasteiger charge is -2.06. The summed E-state index contributed by atoms with van der Waals surface area (Å²) in [4.78, 5) is 27.6. The molecule has 0 aliphatic carbocycles. The molecule has 0 spiro atoms. The van der Waals surface area contributed by atoms with Gasteiger partial charge in [-0.3, -0.25) is 9.59 Å². The van der Waals surface area contributed by atoms with Crippen LogP contribution < -0.4 is 10.6 Å². The van der Waals surface area contributed by atoms with Crippen LogP contribution in [0.25, 0.3) is 0 Å². The molecule has 0 saturated heterocycles. The van der Waals surface area contributed by atoms with Gasteiger partial charge < -0.3 is 10.6 Å². The van der Waals surface area contributed by atoms with E-state index in [0.717, 1.165) is 10.7 Å². The highest BCUT2D eigenvalue weighted by Crippen LogP contribution is 2.08. The van der Waals surface area contributed by atoms with E-state index in [1.165, 1.54) is 35.6 Å². The fraction of sp³-hybridized carbons (Fsp3) is 0.267. The van der Waals surface area contributed by atoms with Crippen LogP contribution in [0.15, 0.2) is 29.6 Å².